The van der Waals surface area contributed by atoms with Gasteiger partial charge in [-0.25, -0.2) is 0 Å². The Kier molecular flexibility index (Phi) is 5.12. The molecule has 0 aromatic heterocycles. The minimum Gasteiger partial charge on any atom is -0.481 e. The van der Waals surface area contributed by atoms with E-state index in [1.54, 1.807) is 30.3 Å². The fourth-order valence-electron chi connectivity index (χ4n) is 3.84. The Labute approximate surface area is 153 Å². The predicted octanol–water partition coefficient (Wildman–Crippen LogP) is 1.72. The van der Waals surface area contributed by atoms with E-state index in [0.29, 0.717) is 4.90 Å². The average molecular weight is 384 g/mol. The summed E-state index contributed by atoms with van der Waals surface area (Å²) >= 11 is 0. The number of alkyl halides is 3. The molecule has 3 rings (SSSR count). The minimum atomic E-state index is -4.52. The highest BCUT2D eigenvalue weighted by atomic mass is 19.4. The summed E-state index contributed by atoms with van der Waals surface area (Å²) in [4.78, 5) is 38.1. The highest BCUT2D eigenvalue weighted by Gasteiger charge is 2.45. The fraction of sp³-hybridized carbons (Fsp3) is 0.500. The third-order valence-corrected chi connectivity index (χ3v) is 5.11. The van der Waals surface area contributed by atoms with Crippen LogP contribution in [0, 0.1) is 11.8 Å². The van der Waals surface area contributed by atoms with Crippen LogP contribution in [0.3, 0.4) is 0 Å². The lowest BCUT2D eigenvalue weighted by Crippen LogP contribution is -2.38. The molecule has 0 spiro atoms. The molecular weight excluding hydrogens is 365 g/mol. The van der Waals surface area contributed by atoms with Gasteiger partial charge in [-0.15, -0.1) is 0 Å². The average Bonchev–Trinajstić information content (AvgIpc) is 3.18. The summed E-state index contributed by atoms with van der Waals surface area (Å²) in [6.45, 7) is -1.51. The van der Waals surface area contributed by atoms with Gasteiger partial charge in [0, 0.05) is 32.0 Å². The molecule has 2 amide bonds. The maximum atomic E-state index is 12.7. The van der Waals surface area contributed by atoms with Gasteiger partial charge in [0.2, 0.25) is 11.8 Å². The van der Waals surface area contributed by atoms with Crippen molar-refractivity contribution in [1.82, 2.24) is 9.80 Å². The van der Waals surface area contributed by atoms with Gasteiger partial charge in [0.05, 0.1) is 11.8 Å². The smallest absolute Gasteiger partial charge is 0.406 e. The number of nitrogens with zero attached hydrogens (tertiary/aromatic N) is 2. The number of carboxylic acids is 1. The number of rotatable bonds is 4. The van der Waals surface area contributed by atoms with Crippen molar-refractivity contribution in [3.8, 4) is 0 Å². The lowest BCUT2D eigenvalue weighted by atomic mass is 9.89. The van der Waals surface area contributed by atoms with E-state index in [1.807, 2.05) is 0 Å². The lowest BCUT2D eigenvalue weighted by Gasteiger charge is -2.21. The van der Waals surface area contributed by atoms with Gasteiger partial charge in [-0.3, -0.25) is 14.4 Å². The summed E-state index contributed by atoms with van der Waals surface area (Å²) in [6.07, 6.45) is -4.80. The molecular formula is C18H19F3N2O4. The Balaban J connectivity index is 1.71. The normalized spacial score (nSPS) is 25.9. The molecule has 3 unspecified atom stereocenters. The van der Waals surface area contributed by atoms with E-state index in [9.17, 15) is 32.7 Å². The number of aliphatic carboxylic acids is 1. The van der Waals surface area contributed by atoms with Crippen LogP contribution in [0.15, 0.2) is 30.3 Å². The second kappa shape index (κ2) is 7.21. The van der Waals surface area contributed by atoms with Crippen LogP contribution >= 0.6 is 0 Å². The number of carbonyl (C=O) groups excluding carboxylic acids is 2. The van der Waals surface area contributed by atoms with E-state index >= 15 is 0 Å². The third kappa shape index (κ3) is 4.23. The first kappa shape index (κ1) is 19.2. The van der Waals surface area contributed by atoms with E-state index in [2.05, 4.69) is 0 Å². The fourth-order valence-corrected chi connectivity index (χ4v) is 3.84. The molecule has 2 heterocycles. The molecule has 0 saturated carbocycles. The summed E-state index contributed by atoms with van der Waals surface area (Å²) in [5.41, 5.74) is 0.793. The SMILES string of the molecule is O=C(O)C1CN(C(=O)C2CC(=O)N(CC(F)(F)F)C2)CC1c1ccccc1. The predicted molar refractivity (Wildman–Crippen MR) is 87.6 cm³/mol. The van der Waals surface area contributed by atoms with Gasteiger partial charge >= 0.3 is 12.1 Å². The molecule has 146 valence electrons. The van der Waals surface area contributed by atoms with Crippen LogP contribution in [-0.4, -0.2) is 65.0 Å². The van der Waals surface area contributed by atoms with Crippen LogP contribution < -0.4 is 0 Å². The van der Waals surface area contributed by atoms with Crippen LogP contribution in [0.2, 0.25) is 0 Å². The number of likely N-dealkylation sites (tertiary alicyclic amines) is 2. The Bertz CT molecular complexity index is 738. The van der Waals surface area contributed by atoms with Crippen molar-refractivity contribution < 1.29 is 32.7 Å². The number of carboxylic acid groups (broad SMARTS) is 1. The summed E-state index contributed by atoms with van der Waals surface area (Å²) in [5, 5.41) is 9.50. The molecule has 0 radical (unpaired) electrons. The number of amides is 2. The van der Waals surface area contributed by atoms with Crippen molar-refractivity contribution in [2.24, 2.45) is 11.8 Å². The standard InChI is InChI=1S/C18H19F3N2O4/c19-18(20,21)10-23-7-12(6-15(23)24)16(25)22-8-13(14(9-22)17(26)27)11-4-2-1-3-5-11/h1-5,12-14H,6-10H2,(H,26,27). The van der Waals surface area contributed by atoms with Gasteiger partial charge < -0.3 is 14.9 Å². The Morgan fingerprint density at radius 3 is 2.37 bits per heavy atom. The molecule has 27 heavy (non-hydrogen) atoms. The molecule has 2 aliphatic rings. The molecule has 0 aliphatic carbocycles. The first-order valence-electron chi connectivity index (χ1n) is 8.57. The number of benzene rings is 1. The van der Waals surface area contributed by atoms with Crippen molar-refractivity contribution in [3.63, 3.8) is 0 Å². The van der Waals surface area contributed by atoms with Crippen molar-refractivity contribution in [2.45, 2.75) is 18.5 Å². The van der Waals surface area contributed by atoms with Gasteiger partial charge in [0.1, 0.15) is 6.54 Å². The molecule has 1 N–H and O–H groups in total. The van der Waals surface area contributed by atoms with E-state index in [1.165, 1.54) is 4.90 Å². The second-order valence-corrected chi connectivity index (χ2v) is 7.00. The first-order chi connectivity index (χ1) is 12.7. The maximum absolute atomic E-state index is 12.7. The molecule has 1 aromatic rings. The lowest BCUT2D eigenvalue weighted by molar-refractivity contribution is -0.157. The van der Waals surface area contributed by atoms with Gasteiger partial charge in [-0.2, -0.15) is 13.2 Å². The van der Waals surface area contributed by atoms with Crippen LogP contribution in [0.25, 0.3) is 0 Å². The summed E-state index contributed by atoms with van der Waals surface area (Å²) in [6, 6.07) is 8.95. The van der Waals surface area contributed by atoms with E-state index in [-0.39, 0.29) is 26.1 Å². The zero-order chi connectivity index (χ0) is 19.8. The molecule has 2 saturated heterocycles. The van der Waals surface area contributed by atoms with Crippen molar-refractivity contribution >= 4 is 17.8 Å². The molecule has 2 fully saturated rings. The molecule has 9 heteroatoms. The number of halogens is 3. The van der Waals surface area contributed by atoms with Crippen molar-refractivity contribution in [1.29, 1.82) is 0 Å². The second-order valence-electron chi connectivity index (χ2n) is 7.00. The van der Waals surface area contributed by atoms with Crippen LogP contribution in [0.4, 0.5) is 13.2 Å². The van der Waals surface area contributed by atoms with E-state index in [0.717, 1.165) is 5.56 Å². The summed E-state index contributed by atoms with van der Waals surface area (Å²) < 4.78 is 37.6. The monoisotopic (exact) mass is 384 g/mol. The van der Waals surface area contributed by atoms with Gasteiger partial charge in [-0.05, 0) is 5.56 Å². The number of hydrogen-bond donors (Lipinski definition) is 1. The van der Waals surface area contributed by atoms with Crippen molar-refractivity contribution in [3.05, 3.63) is 35.9 Å². The molecule has 3 atom stereocenters. The van der Waals surface area contributed by atoms with Crippen LogP contribution in [0.1, 0.15) is 17.9 Å². The van der Waals surface area contributed by atoms with Crippen LogP contribution in [-0.2, 0) is 14.4 Å². The van der Waals surface area contributed by atoms with Crippen molar-refractivity contribution in [2.75, 3.05) is 26.2 Å². The van der Waals surface area contributed by atoms with Gasteiger partial charge in [-0.1, -0.05) is 30.3 Å². The molecule has 2 aliphatic heterocycles. The van der Waals surface area contributed by atoms with E-state index < -0.39 is 48.3 Å². The summed E-state index contributed by atoms with van der Waals surface area (Å²) in [5.74, 6) is -4.25. The zero-order valence-corrected chi connectivity index (χ0v) is 14.4. The Hall–Kier alpha value is -2.58. The Morgan fingerprint density at radius 1 is 1.11 bits per heavy atom. The third-order valence-electron chi connectivity index (χ3n) is 5.11. The highest BCUT2D eigenvalue weighted by Crippen LogP contribution is 2.35. The molecule has 1 aromatic carbocycles. The van der Waals surface area contributed by atoms with Gasteiger partial charge in [0.15, 0.2) is 0 Å². The topological polar surface area (TPSA) is 77.9 Å². The first-order valence-corrected chi connectivity index (χ1v) is 8.57. The summed E-state index contributed by atoms with van der Waals surface area (Å²) in [7, 11) is 0. The highest BCUT2D eigenvalue weighted by molar-refractivity contribution is 5.90. The van der Waals surface area contributed by atoms with Gasteiger partial charge in [0.25, 0.3) is 0 Å². The number of hydrogen-bond acceptors (Lipinski definition) is 3. The largest absolute Gasteiger partial charge is 0.481 e. The Morgan fingerprint density at radius 2 is 1.78 bits per heavy atom. The number of carbonyl (C=O) groups is 3. The molecule has 6 nitrogen and oxygen atoms in total. The minimum absolute atomic E-state index is 0.0162. The quantitative estimate of drug-likeness (QED) is 0.858. The van der Waals surface area contributed by atoms with E-state index in [4.69, 9.17) is 0 Å². The zero-order valence-electron chi connectivity index (χ0n) is 14.4. The molecule has 0 bridgehead atoms. The maximum Gasteiger partial charge on any atom is 0.406 e. The van der Waals surface area contributed by atoms with Crippen LogP contribution in [0.5, 0.6) is 0 Å².